The number of H-pyrrole nitrogens is 2. The summed E-state index contributed by atoms with van der Waals surface area (Å²) in [7, 11) is 0. The summed E-state index contributed by atoms with van der Waals surface area (Å²) >= 11 is 0. The number of carbonyl (C=O) groups excluding carboxylic acids is 2. The molecule has 4 aromatic rings. The summed E-state index contributed by atoms with van der Waals surface area (Å²) in [6.07, 6.45) is 1.53. The van der Waals surface area contributed by atoms with Crippen LogP contribution in [0.3, 0.4) is 0 Å². The van der Waals surface area contributed by atoms with Crippen molar-refractivity contribution in [2.75, 3.05) is 11.9 Å². The molecule has 2 aromatic carbocycles. The molecule has 0 spiro atoms. The Morgan fingerprint density at radius 1 is 1.10 bits per heavy atom. The van der Waals surface area contributed by atoms with Gasteiger partial charge in [-0.2, -0.15) is 5.10 Å². The molecule has 0 bridgehead atoms. The Bertz CT molecular complexity index is 1150. The van der Waals surface area contributed by atoms with Crippen LogP contribution in [0.2, 0.25) is 0 Å². The van der Waals surface area contributed by atoms with E-state index >= 15 is 0 Å². The molecule has 0 saturated heterocycles. The van der Waals surface area contributed by atoms with Crippen LogP contribution in [0.15, 0.2) is 60.9 Å². The zero-order valence-corrected chi connectivity index (χ0v) is 15.2. The minimum absolute atomic E-state index is 0.292. The zero-order chi connectivity index (χ0) is 20.2. The average Bonchev–Trinajstić information content (AvgIpc) is 3.41. The van der Waals surface area contributed by atoms with E-state index < -0.39 is 24.5 Å². The number of hydrogen-bond acceptors (Lipinski definition) is 5. The fraction of sp³-hybridized carbons (Fsp3) is 0.100. The predicted molar refractivity (Wildman–Crippen MR) is 107 cm³/mol. The van der Waals surface area contributed by atoms with Crippen molar-refractivity contribution >= 4 is 28.7 Å². The molecule has 2 heterocycles. The number of anilines is 1. The Hall–Kier alpha value is -3.98. The van der Waals surface area contributed by atoms with Gasteiger partial charge in [-0.05, 0) is 23.8 Å². The van der Waals surface area contributed by atoms with Crippen LogP contribution in [-0.2, 0) is 4.79 Å². The van der Waals surface area contributed by atoms with Crippen molar-refractivity contribution in [3.8, 4) is 11.3 Å². The number of fused-ring (bicyclic) bond motifs is 1. The van der Waals surface area contributed by atoms with Crippen molar-refractivity contribution in [1.82, 2.24) is 25.5 Å². The number of carbonyl (C=O) groups is 2. The van der Waals surface area contributed by atoms with Crippen LogP contribution in [0, 0.1) is 0 Å². The number of aromatic nitrogens is 4. The molecule has 1 unspecified atom stereocenters. The van der Waals surface area contributed by atoms with Crippen molar-refractivity contribution in [2.24, 2.45) is 0 Å². The van der Waals surface area contributed by atoms with Crippen LogP contribution >= 0.6 is 0 Å². The van der Waals surface area contributed by atoms with Crippen LogP contribution in [-0.4, -0.2) is 49.7 Å². The Kier molecular flexibility index (Phi) is 5.04. The molecule has 2 amide bonds. The number of nitrogens with zero attached hydrogens (tertiary/aromatic N) is 2. The number of hydrogen-bond donors (Lipinski definition) is 5. The number of nitrogens with one attached hydrogen (secondary N) is 4. The summed E-state index contributed by atoms with van der Waals surface area (Å²) < 4.78 is 0. The Balaban J connectivity index is 1.43. The van der Waals surface area contributed by atoms with Crippen molar-refractivity contribution in [3.63, 3.8) is 0 Å². The van der Waals surface area contributed by atoms with E-state index in [1.54, 1.807) is 24.3 Å². The molecular formula is C20H18N6O3. The molecule has 29 heavy (non-hydrogen) atoms. The van der Waals surface area contributed by atoms with Gasteiger partial charge >= 0.3 is 0 Å². The topological polar surface area (TPSA) is 136 Å². The van der Waals surface area contributed by atoms with Crippen LogP contribution < -0.4 is 10.6 Å². The van der Waals surface area contributed by atoms with Gasteiger partial charge in [-0.1, -0.05) is 30.3 Å². The maximum atomic E-state index is 12.5. The zero-order valence-electron chi connectivity index (χ0n) is 15.2. The molecule has 0 aliphatic rings. The highest BCUT2D eigenvalue weighted by molar-refractivity contribution is 6.02. The third-order valence-corrected chi connectivity index (χ3v) is 4.40. The monoisotopic (exact) mass is 390 g/mol. The first-order chi connectivity index (χ1) is 14.1. The molecule has 9 nitrogen and oxygen atoms in total. The third kappa shape index (κ3) is 3.99. The van der Waals surface area contributed by atoms with Crippen molar-refractivity contribution in [2.45, 2.75) is 6.04 Å². The second-order valence-electron chi connectivity index (χ2n) is 6.37. The van der Waals surface area contributed by atoms with E-state index in [1.165, 1.54) is 6.33 Å². The lowest BCUT2D eigenvalue weighted by molar-refractivity contribution is -0.118. The number of aliphatic hydroxyl groups excluding tert-OH is 1. The number of amides is 2. The van der Waals surface area contributed by atoms with Crippen molar-refractivity contribution < 1.29 is 14.7 Å². The van der Waals surface area contributed by atoms with E-state index in [-0.39, 0.29) is 0 Å². The van der Waals surface area contributed by atoms with Gasteiger partial charge in [-0.3, -0.25) is 14.7 Å². The summed E-state index contributed by atoms with van der Waals surface area (Å²) in [5.74, 6) is -0.766. The van der Waals surface area contributed by atoms with Crippen LogP contribution in [0.25, 0.3) is 22.3 Å². The number of aromatic amines is 2. The smallest absolute Gasteiger partial charge is 0.252 e. The normalized spacial score (nSPS) is 11.9. The number of rotatable bonds is 6. The van der Waals surface area contributed by atoms with Crippen LogP contribution in [0.1, 0.15) is 10.4 Å². The minimum atomic E-state index is -1.13. The van der Waals surface area contributed by atoms with Gasteiger partial charge in [0.2, 0.25) is 0 Å². The van der Waals surface area contributed by atoms with Gasteiger partial charge in [-0.25, -0.2) is 4.98 Å². The minimum Gasteiger partial charge on any atom is -0.394 e. The predicted octanol–water partition coefficient (Wildman–Crippen LogP) is 1.68. The molecular weight excluding hydrogens is 372 g/mol. The maximum Gasteiger partial charge on any atom is 0.252 e. The second-order valence-corrected chi connectivity index (χ2v) is 6.37. The molecule has 146 valence electrons. The Morgan fingerprint density at radius 3 is 2.72 bits per heavy atom. The molecule has 0 saturated carbocycles. The van der Waals surface area contributed by atoms with E-state index in [0.29, 0.717) is 16.9 Å². The second kappa shape index (κ2) is 7.95. The summed E-state index contributed by atoms with van der Waals surface area (Å²) in [6.45, 7) is -0.556. The average molecular weight is 390 g/mol. The van der Waals surface area contributed by atoms with Crippen molar-refractivity contribution in [3.05, 3.63) is 66.5 Å². The SMILES string of the molecule is O=C(NC(CO)C(=O)Nc1cc(-c2ccccc2)[nH]n1)c1ccc2nc[nH]c2c1. The molecule has 2 aromatic heterocycles. The fourth-order valence-electron chi connectivity index (χ4n) is 2.88. The van der Waals surface area contributed by atoms with Gasteiger partial charge in [0.1, 0.15) is 6.04 Å². The quantitative estimate of drug-likeness (QED) is 0.341. The number of aliphatic hydroxyl groups is 1. The molecule has 0 fully saturated rings. The fourth-order valence-corrected chi connectivity index (χ4v) is 2.88. The summed E-state index contributed by atoms with van der Waals surface area (Å²) in [6, 6.07) is 15.0. The molecule has 0 aliphatic carbocycles. The third-order valence-electron chi connectivity index (χ3n) is 4.40. The van der Waals surface area contributed by atoms with E-state index in [0.717, 1.165) is 16.8 Å². The lowest BCUT2D eigenvalue weighted by Crippen LogP contribution is -2.46. The molecule has 0 radical (unpaired) electrons. The highest BCUT2D eigenvalue weighted by atomic mass is 16.3. The molecule has 0 aliphatic heterocycles. The van der Waals surface area contributed by atoms with E-state index in [9.17, 15) is 14.7 Å². The van der Waals surface area contributed by atoms with E-state index in [1.807, 2.05) is 30.3 Å². The van der Waals surface area contributed by atoms with Crippen LogP contribution in [0.5, 0.6) is 0 Å². The largest absolute Gasteiger partial charge is 0.394 e. The maximum absolute atomic E-state index is 12.5. The van der Waals surface area contributed by atoms with Gasteiger partial charge in [-0.15, -0.1) is 0 Å². The Morgan fingerprint density at radius 2 is 1.93 bits per heavy atom. The summed E-state index contributed by atoms with van der Waals surface area (Å²) in [4.78, 5) is 32.0. The highest BCUT2D eigenvalue weighted by Gasteiger charge is 2.22. The summed E-state index contributed by atoms with van der Waals surface area (Å²) in [5.41, 5.74) is 3.43. The van der Waals surface area contributed by atoms with Gasteiger partial charge in [0, 0.05) is 11.6 Å². The molecule has 5 N–H and O–H groups in total. The van der Waals surface area contributed by atoms with Gasteiger partial charge in [0.05, 0.1) is 29.7 Å². The number of imidazole rings is 1. The van der Waals surface area contributed by atoms with Crippen molar-refractivity contribution in [1.29, 1.82) is 0 Å². The van der Waals surface area contributed by atoms with Gasteiger partial charge < -0.3 is 20.7 Å². The highest BCUT2D eigenvalue weighted by Crippen LogP contribution is 2.19. The molecule has 1 atom stereocenters. The number of benzene rings is 2. The standard InChI is InChI=1S/C20H18N6O3/c27-10-17(23-19(28)13-6-7-14-16(8-13)22-11-21-14)20(29)24-18-9-15(25-26-18)12-4-2-1-3-5-12/h1-9,11,17,27H,10H2,(H,21,22)(H,23,28)(H2,24,25,26,29). The first-order valence-electron chi connectivity index (χ1n) is 8.90. The molecule has 4 rings (SSSR count). The molecule has 9 heteroatoms. The lowest BCUT2D eigenvalue weighted by Gasteiger charge is -2.15. The van der Waals surface area contributed by atoms with Crippen LogP contribution in [0.4, 0.5) is 5.82 Å². The lowest BCUT2D eigenvalue weighted by atomic mass is 10.1. The Labute approximate surface area is 165 Å². The van der Waals surface area contributed by atoms with Gasteiger partial charge in [0.25, 0.3) is 11.8 Å². The summed E-state index contributed by atoms with van der Waals surface area (Å²) in [5, 5.41) is 21.6. The van der Waals surface area contributed by atoms with E-state index in [2.05, 4.69) is 30.8 Å². The van der Waals surface area contributed by atoms with Gasteiger partial charge in [0.15, 0.2) is 5.82 Å². The first kappa shape index (κ1) is 18.4. The first-order valence-corrected chi connectivity index (χ1v) is 8.90. The van der Waals surface area contributed by atoms with E-state index in [4.69, 9.17) is 0 Å².